The van der Waals surface area contributed by atoms with Gasteiger partial charge in [-0.05, 0) is 31.2 Å². The maximum atomic E-state index is 12.4. The number of rotatable bonds is 5. The molecule has 1 aliphatic rings. The lowest BCUT2D eigenvalue weighted by atomic mass is 10.1. The molecule has 26 heavy (non-hydrogen) atoms. The van der Waals surface area contributed by atoms with Crippen LogP contribution in [-0.2, 0) is 4.74 Å². The second-order valence-electron chi connectivity index (χ2n) is 5.84. The minimum atomic E-state index is -0.595. The molecule has 0 aliphatic carbocycles. The molecule has 132 valence electrons. The van der Waals surface area contributed by atoms with Gasteiger partial charge in [0.15, 0.2) is 0 Å². The third-order valence-corrected chi connectivity index (χ3v) is 4.49. The Bertz CT molecular complexity index is 922. The third-order valence-electron chi connectivity index (χ3n) is 4.15. The molecule has 0 N–H and O–H groups in total. The van der Waals surface area contributed by atoms with E-state index in [1.165, 1.54) is 24.3 Å². The maximum absolute atomic E-state index is 12.4. The number of nitrogens with zero attached hydrogens (tertiary/aromatic N) is 1. The molecule has 2 aromatic rings. The first kappa shape index (κ1) is 17.9. The van der Waals surface area contributed by atoms with Crippen LogP contribution in [0.3, 0.4) is 0 Å². The molecule has 0 radical (unpaired) electrons. The summed E-state index contributed by atoms with van der Waals surface area (Å²) in [7, 11) is 0. The molecule has 6 heteroatoms. The molecule has 0 unspecified atom stereocenters. The Kier molecular flexibility index (Phi) is 4.91. The summed E-state index contributed by atoms with van der Waals surface area (Å²) in [5.41, 5.74) is 1.35. The minimum Gasteiger partial charge on any atom is -0.454 e. The Hall–Kier alpha value is -2.92. The normalized spacial score (nSPS) is 14.2. The highest BCUT2D eigenvalue weighted by molar-refractivity contribution is 6.31. The van der Waals surface area contributed by atoms with Crippen molar-refractivity contribution in [3.05, 3.63) is 82.4 Å². The van der Waals surface area contributed by atoms with Gasteiger partial charge in [0.25, 0.3) is 11.8 Å². The number of hydrogen-bond acceptors (Lipinski definition) is 4. The molecule has 0 saturated heterocycles. The second kappa shape index (κ2) is 7.14. The maximum Gasteiger partial charge on any atom is 0.338 e. The molecule has 2 amide bonds. The summed E-state index contributed by atoms with van der Waals surface area (Å²) >= 11 is 6.12. The zero-order valence-electron chi connectivity index (χ0n) is 14.1. The van der Waals surface area contributed by atoms with Gasteiger partial charge < -0.3 is 4.74 Å². The van der Waals surface area contributed by atoms with E-state index in [4.69, 9.17) is 16.3 Å². The summed E-state index contributed by atoms with van der Waals surface area (Å²) in [4.78, 5) is 38.1. The fraction of sp³-hybridized carbons (Fsp3) is 0.150. The van der Waals surface area contributed by atoms with Gasteiger partial charge in [-0.3, -0.25) is 14.5 Å². The number of carbonyl (C=O) groups is 3. The van der Waals surface area contributed by atoms with E-state index in [0.29, 0.717) is 10.6 Å². The van der Waals surface area contributed by atoms with E-state index in [1.807, 2.05) is 0 Å². The highest BCUT2D eigenvalue weighted by Crippen LogP contribution is 2.28. The van der Waals surface area contributed by atoms with Crippen molar-refractivity contribution in [3.63, 3.8) is 0 Å². The lowest BCUT2D eigenvalue weighted by Gasteiger charge is -2.15. The predicted molar refractivity (Wildman–Crippen MR) is 97.3 cm³/mol. The quantitative estimate of drug-likeness (QED) is 0.453. The number of halogens is 1. The van der Waals surface area contributed by atoms with Crippen LogP contribution in [-0.4, -0.2) is 29.2 Å². The first-order valence-corrected chi connectivity index (χ1v) is 8.38. The number of benzene rings is 2. The van der Waals surface area contributed by atoms with E-state index in [2.05, 4.69) is 6.58 Å². The number of esters is 1. The molecule has 0 aromatic heterocycles. The molecular weight excluding hydrogens is 354 g/mol. The van der Waals surface area contributed by atoms with Gasteiger partial charge in [-0.15, -0.1) is 6.58 Å². The molecule has 0 bridgehead atoms. The van der Waals surface area contributed by atoms with Gasteiger partial charge in [-0.2, -0.15) is 0 Å². The lowest BCUT2D eigenvalue weighted by molar-refractivity contribution is 0.0338. The standard InChI is InChI=1S/C20H16ClNO4/c1-3-10-22-18(23)15-9-8-13(11-16(15)19(22)24)20(25)26-12(2)14-6-4-5-7-17(14)21/h3-9,11-12H,1,10H2,2H3/t12-/m0/s1. The Balaban J connectivity index is 1.83. The number of fused-ring (bicyclic) bond motifs is 1. The van der Waals surface area contributed by atoms with E-state index in [0.717, 1.165) is 4.90 Å². The lowest BCUT2D eigenvalue weighted by Crippen LogP contribution is -2.29. The van der Waals surface area contributed by atoms with Crippen molar-refractivity contribution in [2.45, 2.75) is 13.0 Å². The van der Waals surface area contributed by atoms with Crippen molar-refractivity contribution in [1.82, 2.24) is 4.90 Å². The Labute approximate surface area is 155 Å². The minimum absolute atomic E-state index is 0.121. The van der Waals surface area contributed by atoms with Gasteiger partial charge in [-0.25, -0.2) is 4.79 Å². The zero-order chi connectivity index (χ0) is 18.8. The van der Waals surface area contributed by atoms with Crippen molar-refractivity contribution < 1.29 is 19.1 Å². The van der Waals surface area contributed by atoms with Crippen LogP contribution in [0, 0.1) is 0 Å². The molecule has 0 fully saturated rings. The largest absolute Gasteiger partial charge is 0.454 e. The van der Waals surface area contributed by atoms with Crippen LogP contribution in [0.1, 0.15) is 49.7 Å². The van der Waals surface area contributed by atoms with E-state index >= 15 is 0 Å². The van der Waals surface area contributed by atoms with Crippen LogP contribution >= 0.6 is 11.6 Å². The fourth-order valence-corrected chi connectivity index (χ4v) is 3.10. The summed E-state index contributed by atoms with van der Waals surface area (Å²) in [6, 6.07) is 11.4. The highest BCUT2D eigenvalue weighted by Gasteiger charge is 2.35. The van der Waals surface area contributed by atoms with Gasteiger partial charge in [0.05, 0.1) is 16.7 Å². The van der Waals surface area contributed by atoms with Crippen LogP contribution in [0.2, 0.25) is 5.02 Å². The first-order valence-electron chi connectivity index (χ1n) is 8.00. The average molecular weight is 370 g/mol. The van der Waals surface area contributed by atoms with Gasteiger partial charge in [0, 0.05) is 17.1 Å². The van der Waals surface area contributed by atoms with Gasteiger partial charge in [-0.1, -0.05) is 35.9 Å². The molecule has 1 aliphatic heterocycles. The van der Waals surface area contributed by atoms with Crippen LogP contribution in [0.15, 0.2) is 55.1 Å². The van der Waals surface area contributed by atoms with Crippen LogP contribution in [0.4, 0.5) is 0 Å². The molecule has 1 heterocycles. The van der Waals surface area contributed by atoms with Gasteiger partial charge in [0.2, 0.25) is 0 Å². The summed E-state index contributed by atoms with van der Waals surface area (Å²) < 4.78 is 5.45. The van der Waals surface area contributed by atoms with Gasteiger partial charge in [0.1, 0.15) is 6.10 Å². The van der Waals surface area contributed by atoms with Crippen molar-refractivity contribution in [2.75, 3.05) is 6.54 Å². The smallest absolute Gasteiger partial charge is 0.338 e. The number of ether oxygens (including phenoxy) is 1. The highest BCUT2D eigenvalue weighted by atomic mass is 35.5. The van der Waals surface area contributed by atoms with Gasteiger partial charge >= 0.3 is 5.97 Å². The topological polar surface area (TPSA) is 63.7 Å². The van der Waals surface area contributed by atoms with Crippen LogP contribution in [0.5, 0.6) is 0 Å². The van der Waals surface area contributed by atoms with E-state index in [-0.39, 0.29) is 23.2 Å². The number of imide groups is 1. The summed E-state index contributed by atoms with van der Waals surface area (Å²) in [5, 5.41) is 0.502. The molecular formula is C20H16ClNO4. The first-order chi connectivity index (χ1) is 12.4. The zero-order valence-corrected chi connectivity index (χ0v) is 14.8. The van der Waals surface area contributed by atoms with Crippen LogP contribution < -0.4 is 0 Å². The van der Waals surface area contributed by atoms with E-state index in [1.54, 1.807) is 31.2 Å². The molecule has 5 nitrogen and oxygen atoms in total. The van der Waals surface area contributed by atoms with Crippen molar-refractivity contribution in [2.24, 2.45) is 0 Å². The monoisotopic (exact) mass is 369 g/mol. The molecule has 0 saturated carbocycles. The second-order valence-corrected chi connectivity index (χ2v) is 6.25. The average Bonchev–Trinajstić information content (AvgIpc) is 2.87. The van der Waals surface area contributed by atoms with Crippen LogP contribution in [0.25, 0.3) is 0 Å². The summed E-state index contributed by atoms with van der Waals surface area (Å²) in [5.74, 6) is -1.43. The van der Waals surface area contributed by atoms with Crippen molar-refractivity contribution in [1.29, 1.82) is 0 Å². The third kappa shape index (κ3) is 3.13. The SMILES string of the molecule is C=CCN1C(=O)c2ccc(C(=O)O[C@@H](C)c3ccccc3Cl)cc2C1=O. The van der Waals surface area contributed by atoms with E-state index in [9.17, 15) is 14.4 Å². The summed E-state index contributed by atoms with van der Waals surface area (Å²) in [6.07, 6.45) is 0.918. The Morgan fingerprint density at radius 2 is 1.88 bits per heavy atom. The number of carbonyl (C=O) groups excluding carboxylic acids is 3. The number of hydrogen-bond donors (Lipinski definition) is 0. The van der Waals surface area contributed by atoms with Crippen molar-refractivity contribution in [3.8, 4) is 0 Å². The molecule has 2 aromatic carbocycles. The molecule has 1 atom stereocenters. The molecule has 3 rings (SSSR count). The summed E-state index contributed by atoms with van der Waals surface area (Å²) in [6.45, 7) is 5.38. The Morgan fingerprint density at radius 3 is 2.58 bits per heavy atom. The number of amides is 2. The Morgan fingerprint density at radius 1 is 1.19 bits per heavy atom. The predicted octanol–water partition coefficient (Wildman–Crippen LogP) is 4.04. The van der Waals surface area contributed by atoms with E-state index < -0.39 is 23.9 Å². The fourth-order valence-electron chi connectivity index (χ4n) is 2.81. The molecule has 0 spiro atoms. The van der Waals surface area contributed by atoms with Crippen molar-refractivity contribution >= 4 is 29.4 Å².